The lowest BCUT2D eigenvalue weighted by Crippen LogP contribution is -3.05. The maximum Gasteiger partial charge on any atom is 0.460 e. The molecule has 0 aliphatic rings. The number of hydrogen-bond donors (Lipinski definition) is 1. The third kappa shape index (κ3) is 4.34. The van der Waals surface area contributed by atoms with Crippen LogP contribution in [-0.2, 0) is 20.9 Å². The van der Waals surface area contributed by atoms with E-state index in [0.29, 0.717) is 0 Å². The summed E-state index contributed by atoms with van der Waals surface area (Å²) in [5.41, 5.74) is -0.204. The Balaban J connectivity index is 3.36. The minimum Gasteiger partial charge on any atom is -0.598 e. The highest BCUT2D eigenvalue weighted by molar-refractivity contribution is 7.87. The molecule has 0 amide bonds. The lowest BCUT2D eigenvalue weighted by molar-refractivity contribution is -1.03. The molecule has 186 valence electrons. The van der Waals surface area contributed by atoms with Crippen molar-refractivity contribution < 1.29 is 75.0 Å². The van der Waals surface area contributed by atoms with Crippen molar-refractivity contribution in [2.24, 2.45) is 0 Å². The van der Waals surface area contributed by atoms with Crippen molar-refractivity contribution in [3.8, 4) is 0 Å². The largest absolute Gasteiger partial charge is 0.598 e. The third-order valence-corrected chi connectivity index (χ3v) is 4.90. The van der Waals surface area contributed by atoms with Crippen LogP contribution in [0.5, 0.6) is 0 Å². The Morgan fingerprint density at radius 1 is 0.719 bits per heavy atom. The molecule has 0 saturated heterocycles. The number of quaternary nitrogens is 1. The van der Waals surface area contributed by atoms with E-state index < -0.39 is 57.0 Å². The SMILES string of the molecule is O=S(=O)(O[NH+]([O-])Cc1ccccc1)C(F)(F)C(F)(F)C(F)(F)C(F)(F)C(F)(F)C(F)(F)F. The quantitative estimate of drug-likeness (QED) is 0.399. The molecule has 1 aromatic rings. The minimum atomic E-state index is -8.33. The molecule has 1 atom stereocenters. The zero-order valence-electron chi connectivity index (χ0n) is 14.5. The average molecular weight is 521 g/mol. The highest BCUT2D eigenvalue weighted by Crippen LogP contribution is 2.61. The summed E-state index contributed by atoms with van der Waals surface area (Å²) in [4.78, 5) is 0. The number of hydrogen-bond acceptors (Lipinski definition) is 4. The van der Waals surface area contributed by atoms with Gasteiger partial charge in [-0.05, 0) is 0 Å². The Bertz CT molecular complexity index is 902. The third-order valence-electron chi connectivity index (χ3n) is 3.61. The maximum absolute atomic E-state index is 13.6. The van der Waals surface area contributed by atoms with Crippen LogP contribution < -0.4 is 5.23 Å². The summed E-state index contributed by atoms with van der Waals surface area (Å²) in [5.74, 6) is -32.8. The normalized spacial score (nSPS) is 16.2. The van der Waals surface area contributed by atoms with Gasteiger partial charge in [0.15, 0.2) is 0 Å². The molecule has 1 aromatic carbocycles. The highest BCUT2D eigenvalue weighted by atomic mass is 32.2. The maximum atomic E-state index is 13.6. The monoisotopic (exact) mass is 521 g/mol. The minimum absolute atomic E-state index is 0.204. The summed E-state index contributed by atoms with van der Waals surface area (Å²) in [6.07, 6.45) is -7.65. The van der Waals surface area contributed by atoms with Gasteiger partial charge >= 0.3 is 45.2 Å². The summed E-state index contributed by atoms with van der Waals surface area (Å²) < 4.78 is 194. The van der Waals surface area contributed by atoms with Gasteiger partial charge in [-0.3, -0.25) is 0 Å². The van der Waals surface area contributed by atoms with Gasteiger partial charge < -0.3 is 5.21 Å². The van der Waals surface area contributed by atoms with E-state index in [9.17, 15) is 70.7 Å². The molecule has 0 bridgehead atoms. The second kappa shape index (κ2) is 8.17. The molecule has 19 heteroatoms. The zero-order chi connectivity index (χ0) is 25.6. The summed E-state index contributed by atoms with van der Waals surface area (Å²) in [7, 11) is -7.63. The number of benzene rings is 1. The second-order valence-corrected chi connectivity index (χ2v) is 7.47. The zero-order valence-corrected chi connectivity index (χ0v) is 15.4. The molecule has 0 heterocycles. The molecule has 0 fully saturated rings. The fourth-order valence-electron chi connectivity index (χ4n) is 1.88. The van der Waals surface area contributed by atoms with E-state index in [2.05, 4.69) is 4.28 Å². The lowest BCUT2D eigenvalue weighted by Gasteiger charge is -2.39. The van der Waals surface area contributed by atoms with Gasteiger partial charge in [-0.2, -0.15) is 65.5 Å². The summed E-state index contributed by atoms with van der Waals surface area (Å²) in [6.45, 7) is -1.26. The Morgan fingerprint density at radius 3 is 1.53 bits per heavy atom. The summed E-state index contributed by atoms with van der Waals surface area (Å²) in [6, 6.07) is 5.80. The van der Waals surface area contributed by atoms with Crippen molar-refractivity contribution in [2.75, 3.05) is 0 Å². The average Bonchev–Trinajstić information content (AvgIpc) is 2.60. The first-order valence-corrected chi connectivity index (χ1v) is 8.85. The topological polar surface area (TPSA) is 70.9 Å². The van der Waals surface area contributed by atoms with E-state index in [1.807, 2.05) is 0 Å². The first-order chi connectivity index (χ1) is 14.0. The van der Waals surface area contributed by atoms with Crippen molar-refractivity contribution >= 4 is 10.1 Å². The van der Waals surface area contributed by atoms with E-state index in [1.54, 1.807) is 0 Å². The predicted molar refractivity (Wildman–Crippen MR) is 75.3 cm³/mol. The first-order valence-electron chi connectivity index (χ1n) is 7.44. The Kier molecular flexibility index (Phi) is 7.19. The van der Waals surface area contributed by atoms with Crippen LogP contribution in [0.4, 0.5) is 57.1 Å². The number of alkyl halides is 13. The first kappa shape index (κ1) is 28.2. The van der Waals surface area contributed by atoms with Crippen molar-refractivity contribution in [1.29, 1.82) is 0 Å². The van der Waals surface area contributed by atoms with Gasteiger partial charge in [0.05, 0.1) is 0 Å². The predicted octanol–water partition coefficient (Wildman–Crippen LogP) is 3.53. The molecule has 0 saturated carbocycles. The number of hydroxylamine groups is 2. The van der Waals surface area contributed by atoms with Crippen LogP contribution in [0.25, 0.3) is 0 Å². The molecule has 5 nitrogen and oxygen atoms in total. The molecule has 1 rings (SSSR count). The van der Waals surface area contributed by atoms with Crippen LogP contribution in [0, 0.1) is 5.21 Å². The van der Waals surface area contributed by atoms with E-state index >= 15 is 0 Å². The molecule has 1 unspecified atom stereocenters. The van der Waals surface area contributed by atoms with Crippen LogP contribution in [0.2, 0.25) is 0 Å². The van der Waals surface area contributed by atoms with Crippen LogP contribution in [0.15, 0.2) is 30.3 Å². The molecule has 0 aliphatic heterocycles. The van der Waals surface area contributed by atoms with Crippen molar-refractivity contribution in [2.45, 2.75) is 41.7 Å². The van der Waals surface area contributed by atoms with E-state index in [0.717, 1.165) is 12.1 Å². The van der Waals surface area contributed by atoms with Crippen molar-refractivity contribution in [3.05, 3.63) is 41.1 Å². The number of halogens is 13. The number of rotatable bonds is 9. The van der Waals surface area contributed by atoms with Crippen LogP contribution in [-0.4, -0.2) is 43.5 Å². The second-order valence-electron chi connectivity index (χ2n) is 5.88. The highest BCUT2D eigenvalue weighted by Gasteiger charge is 2.93. The molecule has 1 N–H and O–H groups in total. The van der Waals surface area contributed by atoms with Gasteiger partial charge in [-0.15, -0.1) is 0 Å². The van der Waals surface area contributed by atoms with Crippen molar-refractivity contribution in [3.63, 3.8) is 0 Å². The smallest absolute Gasteiger partial charge is 0.460 e. The van der Waals surface area contributed by atoms with Gasteiger partial charge in [-0.25, -0.2) is 5.23 Å². The van der Waals surface area contributed by atoms with E-state index in [1.165, 1.54) is 18.2 Å². The molecule has 0 aromatic heterocycles. The fourth-order valence-corrected chi connectivity index (χ4v) is 2.73. The number of nitrogens with one attached hydrogen (secondary N) is 1. The van der Waals surface area contributed by atoms with Crippen LogP contribution >= 0.6 is 0 Å². The van der Waals surface area contributed by atoms with E-state index in [4.69, 9.17) is 0 Å². The Morgan fingerprint density at radius 2 is 1.12 bits per heavy atom. The molecule has 0 radical (unpaired) electrons. The molecule has 0 spiro atoms. The van der Waals surface area contributed by atoms with Gasteiger partial charge in [0.1, 0.15) is 6.54 Å². The van der Waals surface area contributed by atoms with Gasteiger partial charge in [0.2, 0.25) is 0 Å². The van der Waals surface area contributed by atoms with Gasteiger partial charge in [0.25, 0.3) is 0 Å². The summed E-state index contributed by atoms with van der Waals surface area (Å²) >= 11 is 0. The Labute approximate surface area is 169 Å². The lowest BCUT2D eigenvalue weighted by atomic mass is 9.98. The molecule has 32 heavy (non-hydrogen) atoms. The standard InChI is InChI=1S/C13H8F13NO4S/c14-8(15,10(18,19)12(22,23)24)9(16,17)11(20,21)13(25,26)32(29,30)31-27(28)6-7-4-2-1-3-5-7/h1-5,27H,6H2. The van der Waals surface area contributed by atoms with Crippen LogP contribution in [0.1, 0.15) is 5.56 Å². The Hall–Kier alpha value is -1.86. The fraction of sp³-hybridized carbons (Fsp3) is 0.538. The summed E-state index contributed by atoms with van der Waals surface area (Å²) in [5, 5.41) is 1.44. The molecular formula is C13H8F13NO4S. The van der Waals surface area contributed by atoms with Gasteiger partial charge in [-0.1, -0.05) is 34.6 Å². The van der Waals surface area contributed by atoms with E-state index in [-0.39, 0.29) is 5.56 Å². The molecule has 0 aliphatic carbocycles. The van der Waals surface area contributed by atoms with Crippen molar-refractivity contribution in [1.82, 2.24) is 0 Å². The van der Waals surface area contributed by atoms with Gasteiger partial charge in [0, 0.05) is 5.56 Å². The van der Waals surface area contributed by atoms with Crippen LogP contribution in [0.3, 0.4) is 0 Å². The molecular weight excluding hydrogens is 513 g/mol.